The van der Waals surface area contributed by atoms with Crippen molar-refractivity contribution >= 4 is 5.78 Å². The quantitative estimate of drug-likeness (QED) is 0.417. The van der Waals surface area contributed by atoms with Gasteiger partial charge in [0.2, 0.25) is 0 Å². The topological polar surface area (TPSA) is 83.5 Å². The number of Topliss-reactive ketones (excluding diaryl/α,β-unsaturated/α-hetero) is 1. The van der Waals surface area contributed by atoms with Crippen molar-refractivity contribution in [3.05, 3.63) is 12.7 Å². The third kappa shape index (κ3) is 2.26. The summed E-state index contributed by atoms with van der Waals surface area (Å²) in [4.78, 5) is 10.5. The lowest BCUT2D eigenvalue weighted by atomic mass is 10.1. The van der Waals surface area contributed by atoms with Gasteiger partial charge in [-0.3, -0.25) is 4.79 Å². The van der Waals surface area contributed by atoms with Crippen molar-refractivity contribution < 1.29 is 15.0 Å². The van der Waals surface area contributed by atoms with Crippen LogP contribution in [-0.4, -0.2) is 34.7 Å². The summed E-state index contributed by atoms with van der Waals surface area (Å²) in [6.45, 7) is 2.92. The van der Waals surface area contributed by atoms with Crippen molar-refractivity contribution in [2.24, 2.45) is 5.73 Å². The Labute approximate surface area is 59.0 Å². The van der Waals surface area contributed by atoms with E-state index in [1.807, 2.05) is 0 Å². The van der Waals surface area contributed by atoms with Gasteiger partial charge < -0.3 is 15.9 Å². The van der Waals surface area contributed by atoms with Gasteiger partial charge in [0.05, 0.1) is 6.54 Å². The maximum absolute atomic E-state index is 10.5. The van der Waals surface area contributed by atoms with Gasteiger partial charge in [-0.1, -0.05) is 6.08 Å². The first-order valence-corrected chi connectivity index (χ1v) is 2.85. The molecule has 10 heavy (non-hydrogen) atoms. The molecule has 0 aliphatic carbocycles. The van der Waals surface area contributed by atoms with E-state index in [4.69, 9.17) is 15.9 Å². The van der Waals surface area contributed by atoms with Gasteiger partial charge in [0, 0.05) is 0 Å². The van der Waals surface area contributed by atoms with Crippen LogP contribution in [0.3, 0.4) is 0 Å². The van der Waals surface area contributed by atoms with E-state index in [1.165, 1.54) is 0 Å². The van der Waals surface area contributed by atoms with Crippen molar-refractivity contribution in [3.8, 4) is 0 Å². The molecule has 0 saturated heterocycles. The lowest BCUT2D eigenvalue weighted by molar-refractivity contribution is -0.129. The Balaban J connectivity index is 3.93. The number of hydrogen-bond acceptors (Lipinski definition) is 4. The summed E-state index contributed by atoms with van der Waals surface area (Å²) in [6, 6.07) is 0. The number of rotatable bonds is 4. The minimum Gasteiger partial charge on any atom is -0.386 e. The minimum absolute atomic E-state index is 0.272. The Morgan fingerprint density at radius 3 is 2.50 bits per heavy atom. The molecule has 1 unspecified atom stereocenters. The van der Waals surface area contributed by atoms with Crippen LogP contribution in [-0.2, 0) is 4.79 Å². The predicted molar refractivity (Wildman–Crippen MR) is 36.3 cm³/mol. The molecule has 4 nitrogen and oxygen atoms in total. The number of carbonyl (C=O) groups is 1. The highest BCUT2D eigenvalue weighted by molar-refractivity contribution is 5.85. The van der Waals surface area contributed by atoms with E-state index in [9.17, 15) is 4.79 Å². The normalized spacial score (nSPS) is 15.9. The SMILES string of the molecule is C=C[C@H](O)C(O)C(=O)CN. The predicted octanol–water partition coefficient (Wildman–Crippen LogP) is -1.58. The van der Waals surface area contributed by atoms with Crippen LogP contribution in [0.25, 0.3) is 0 Å². The number of nitrogens with two attached hydrogens (primary N) is 1. The van der Waals surface area contributed by atoms with Crippen molar-refractivity contribution in [2.45, 2.75) is 12.2 Å². The van der Waals surface area contributed by atoms with E-state index in [0.717, 1.165) is 6.08 Å². The van der Waals surface area contributed by atoms with E-state index in [0.29, 0.717) is 0 Å². The largest absolute Gasteiger partial charge is 0.386 e. The summed E-state index contributed by atoms with van der Waals surface area (Å²) in [6.07, 6.45) is -1.56. The van der Waals surface area contributed by atoms with Gasteiger partial charge in [0.1, 0.15) is 12.2 Å². The molecule has 0 radical (unpaired) electrons. The van der Waals surface area contributed by atoms with Crippen LogP contribution in [0.15, 0.2) is 12.7 Å². The highest BCUT2D eigenvalue weighted by Crippen LogP contribution is 1.94. The maximum atomic E-state index is 10.5. The lowest BCUT2D eigenvalue weighted by Gasteiger charge is -2.10. The molecule has 0 amide bonds. The molecule has 0 spiro atoms. The Kier molecular flexibility index (Phi) is 3.87. The molecule has 0 aromatic heterocycles. The van der Waals surface area contributed by atoms with E-state index in [2.05, 4.69) is 6.58 Å². The van der Waals surface area contributed by atoms with Crippen LogP contribution in [0.1, 0.15) is 0 Å². The van der Waals surface area contributed by atoms with Crippen molar-refractivity contribution in [2.75, 3.05) is 6.54 Å². The Morgan fingerprint density at radius 1 is 1.70 bits per heavy atom. The van der Waals surface area contributed by atoms with Crippen LogP contribution in [0, 0.1) is 0 Å². The van der Waals surface area contributed by atoms with E-state index in [1.54, 1.807) is 0 Å². The second kappa shape index (κ2) is 4.16. The van der Waals surface area contributed by atoms with Crippen LogP contribution in [0.4, 0.5) is 0 Å². The monoisotopic (exact) mass is 145 g/mol. The molecule has 0 heterocycles. The highest BCUT2D eigenvalue weighted by atomic mass is 16.3. The minimum atomic E-state index is -1.43. The van der Waals surface area contributed by atoms with Gasteiger partial charge in [0.15, 0.2) is 5.78 Å². The van der Waals surface area contributed by atoms with Crippen LogP contribution in [0.2, 0.25) is 0 Å². The molecular weight excluding hydrogens is 134 g/mol. The molecule has 4 N–H and O–H groups in total. The summed E-state index contributed by atoms with van der Waals surface area (Å²) >= 11 is 0. The van der Waals surface area contributed by atoms with Crippen LogP contribution >= 0.6 is 0 Å². The van der Waals surface area contributed by atoms with Crippen molar-refractivity contribution in [3.63, 3.8) is 0 Å². The Hall–Kier alpha value is -0.710. The Morgan fingerprint density at radius 2 is 2.20 bits per heavy atom. The molecule has 0 aromatic rings. The third-order valence-electron chi connectivity index (χ3n) is 1.10. The van der Waals surface area contributed by atoms with Crippen molar-refractivity contribution in [1.29, 1.82) is 0 Å². The zero-order valence-electron chi connectivity index (χ0n) is 5.53. The van der Waals surface area contributed by atoms with E-state index < -0.39 is 18.0 Å². The van der Waals surface area contributed by atoms with Crippen LogP contribution in [0.5, 0.6) is 0 Å². The zero-order valence-corrected chi connectivity index (χ0v) is 5.53. The lowest BCUT2D eigenvalue weighted by Crippen LogP contribution is -2.36. The second-order valence-corrected chi connectivity index (χ2v) is 1.84. The average Bonchev–Trinajstić information content (AvgIpc) is 2.00. The van der Waals surface area contributed by atoms with E-state index in [-0.39, 0.29) is 6.54 Å². The fourth-order valence-electron chi connectivity index (χ4n) is 0.440. The average molecular weight is 145 g/mol. The number of carbonyl (C=O) groups excluding carboxylic acids is 1. The first-order chi connectivity index (χ1) is 4.63. The summed E-state index contributed by atoms with van der Waals surface area (Å²) in [7, 11) is 0. The summed E-state index contributed by atoms with van der Waals surface area (Å²) in [5.74, 6) is -0.590. The van der Waals surface area contributed by atoms with Crippen molar-refractivity contribution in [1.82, 2.24) is 0 Å². The third-order valence-corrected chi connectivity index (χ3v) is 1.10. The van der Waals surface area contributed by atoms with Gasteiger partial charge in [-0.05, 0) is 0 Å². The molecule has 4 heteroatoms. The van der Waals surface area contributed by atoms with Gasteiger partial charge in [0.25, 0.3) is 0 Å². The maximum Gasteiger partial charge on any atom is 0.177 e. The molecule has 0 aromatic carbocycles. The second-order valence-electron chi connectivity index (χ2n) is 1.84. The molecule has 58 valence electrons. The molecule has 2 atom stereocenters. The molecule has 0 rings (SSSR count). The van der Waals surface area contributed by atoms with E-state index >= 15 is 0 Å². The summed E-state index contributed by atoms with van der Waals surface area (Å²) in [5.41, 5.74) is 4.91. The highest BCUT2D eigenvalue weighted by Gasteiger charge is 2.19. The molecule has 0 aliphatic heterocycles. The molecule has 0 bridgehead atoms. The standard InChI is InChI=1S/C6H11NO3/c1-2-4(8)6(10)5(9)3-7/h2,4,6,8,10H,1,3,7H2/t4-,6?/m0/s1. The zero-order chi connectivity index (χ0) is 8.15. The smallest absolute Gasteiger partial charge is 0.177 e. The van der Waals surface area contributed by atoms with Gasteiger partial charge in [-0.2, -0.15) is 0 Å². The molecule has 0 saturated carbocycles. The first kappa shape index (κ1) is 9.29. The molecule has 0 fully saturated rings. The summed E-state index contributed by atoms with van der Waals surface area (Å²) < 4.78 is 0. The van der Waals surface area contributed by atoms with Gasteiger partial charge in [-0.15, -0.1) is 6.58 Å². The number of aliphatic hydroxyl groups excluding tert-OH is 2. The van der Waals surface area contributed by atoms with Crippen LogP contribution < -0.4 is 5.73 Å². The number of aliphatic hydroxyl groups is 2. The molecular formula is C6H11NO3. The summed E-state index contributed by atoms with van der Waals surface area (Å²) in [5, 5.41) is 17.6. The fraction of sp³-hybridized carbons (Fsp3) is 0.500. The molecule has 0 aliphatic rings. The first-order valence-electron chi connectivity index (χ1n) is 2.85. The number of hydrogen-bond donors (Lipinski definition) is 3. The Bertz CT molecular complexity index is 135. The fourth-order valence-corrected chi connectivity index (χ4v) is 0.440. The van der Waals surface area contributed by atoms with Gasteiger partial charge in [-0.25, -0.2) is 0 Å². The van der Waals surface area contributed by atoms with Gasteiger partial charge >= 0.3 is 0 Å². The number of ketones is 1.